The van der Waals surface area contributed by atoms with Gasteiger partial charge < -0.3 is 10.6 Å². The number of halogens is 3. The van der Waals surface area contributed by atoms with E-state index in [0.717, 1.165) is 12.1 Å². The lowest BCUT2D eigenvalue weighted by molar-refractivity contribution is 0.102. The third-order valence-corrected chi connectivity index (χ3v) is 3.47. The molecule has 3 nitrogen and oxygen atoms in total. The lowest BCUT2D eigenvalue weighted by Crippen LogP contribution is -2.13. The molecular formula is C19H13F3N2O. The molecule has 0 atom stereocenters. The van der Waals surface area contributed by atoms with Gasteiger partial charge in [-0.25, -0.2) is 13.2 Å². The Morgan fingerprint density at radius 2 is 1.44 bits per heavy atom. The minimum absolute atomic E-state index is 0.0573. The van der Waals surface area contributed by atoms with E-state index in [0.29, 0.717) is 11.4 Å². The van der Waals surface area contributed by atoms with Crippen molar-refractivity contribution in [3.8, 4) is 0 Å². The van der Waals surface area contributed by atoms with Crippen molar-refractivity contribution in [1.29, 1.82) is 0 Å². The van der Waals surface area contributed by atoms with Crippen molar-refractivity contribution in [2.75, 3.05) is 10.6 Å². The zero-order valence-corrected chi connectivity index (χ0v) is 12.9. The Morgan fingerprint density at radius 3 is 2.12 bits per heavy atom. The van der Waals surface area contributed by atoms with Crippen LogP contribution in [0.5, 0.6) is 0 Å². The van der Waals surface area contributed by atoms with Gasteiger partial charge in [-0.15, -0.1) is 0 Å². The van der Waals surface area contributed by atoms with Gasteiger partial charge in [-0.3, -0.25) is 4.79 Å². The number of carbonyl (C=O) groups is 1. The van der Waals surface area contributed by atoms with Gasteiger partial charge in [-0.1, -0.05) is 12.1 Å². The molecule has 0 radical (unpaired) electrons. The molecule has 0 fully saturated rings. The SMILES string of the molecule is O=C(Nc1ccc(Nc2ccc(F)cc2F)cc1)c1ccccc1F. The van der Waals surface area contributed by atoms with E-state index in [1.54, 1.807) is 30.3 Å². The molecule has 3 aromatic rings. The molecule has 6 heteroatoms. The van der Waals surface area contributed by atoms with Crippen LogP contribution in [0.3, 0.4) is 0 Å². The Morgan fingerprint density at radius 1 is 0.760 bits per heavy atom. The van der Waals surface area contributed by atoms with Crippen molar-refractivity contribution in [3.63, 3.8) is 0 Å². The molecule has 0 aliphatic carbocycles. The fraction of sp³-hybridized carbons (Fsp3) is 0. The standard InChI is InChI=1S/C19H13F3N2O/c20-12-5-10-18(17(22)11-12)23-13-6-8-14(9-7-13)24-19(25)15-3-1-2-4-16(15)21/h1-11,23H,(H,24,25). The first-order chi connectivity index (χ1) is 12.0. The van der Waals surface area contributed by atoms with Crippen LogP contribution in [0, 0.1) is 17.5 Å². The van der Waals surface area contributed by atoms with Gasteiger partial charge in [0.2, 0.25) is 0 Å². The van der Waals surface area contributed by atoms with E-state index in [4.69, 9.17) is 0 Å². The minimum atomic E-state index is -0.711. The highest BCUT2D eigenvalue weighted by molar-refractivity contribution is 6.04. The van der Waals surface area contributed by atoms with E-state index in [1.807, 2.05) is 0 Å². The quantitative estimate of drug-likeness (QED) is 0.692. The lowest BCUT2D eigenvalue weighted by Gasteiger charge is -2.10. The highest BCUT2D eigenvalue weighted by Gasteiger charge is 2.11. The van der Waals surface area contributed by atoms with Gasteiger partial charge in [0.25, 0.3) is 5.91 Å². The first kappa shape index (κ1) is 16.6. The molecule has 126 valence electrons. The molecule has 1 amide bonds. The maximum Gasteiger partial charge on any atom is 0.258 e. The summed E-state index contributed by atoms with van der Waals surface area (Å²) in [5.41, 5.74) is 1.08. The van der Waals surface area contributed by atoms with Gasteiger partial charge in [-0.05, 0) is 48.5 Å². The monoisotopic (exact) mass is 342 g/mol. The van der Waals surface area contributed by atoms with E-state index in [9.17, 15) is 18.0 Å². The molecule has 3 rings (SSSR count). The summed E-state index contributed by atoms with van der Waals surface area (Å²) in [6, 6.07) is 15.3. The summed E-state index contributed by atoms with van der Waals surface area (Å²) in [7, 11) is 0. The third kappa shape index (κ3) is 3.98. The van der Waals surface area contributed by atoms with E-state index in [2.05, 4.69) is 10.6 Å². The van der Waals surface area contributed by atoms with Crippen LogP contribution >= 0.6 is 0 Å². The number of amides is 1. The molecule has 0 saturated heterocycles. The van der Waals surface area contributed by atoms with E-state index in [1.165, 1.54) is 24.3 Å². The smallest absolute Gasteiger partial charge is 0.258 e. The number of benzene rings is 3. The fourth-order valence-electron chi connectivity index (χ4n) is 2.23. The van der Waals surface area contributed by atoms with Gasteiger partial charge in [-0.2, -0.15) is 0 Å². The van der Waals surface area contributed by atoms with Gasteiger partial charge in [0.1, 0.15) is 17.5 Å². The molecule has 0 heterocycles. The average molecular weight is 342 g/mol. The van der Waals surface area contributed by atoms with Crippen LogP contribution in [0.4, 0.5) is 30.2 Å². The molecule has 0 spiro atoms. The highest BCUT2D eigenvalue weighted by atomic mass is 19.1. The Balaban J connectivity index is 1.70. The number of rotatable bonds is 4. The van der Waals surface area contributed by atoms with Crippen LogP contribution in [0.1, 0.15) is 10.4 Å². The Labute approximate surface area is 142 Å². The summed E-state index contributed by atoms with van der Waals surface area (Å²) in [5.74, 6) is -2.54. The molecule has 0 bridgehead atoms. The van der Waals surface area contributed by atoms with Crippen LogP contribution in [0.25, 0.3) is 0 Å². The van der Waals surface area contributed by atoms with Crippen molar-refractivity contribution < 1.29 is 18.0 Å². The van der Waals surface area contributed by atoms with Crippen molar-refractivity contribution in [2.45, 2.75) is 0 Å². The molecule has 0 aromatic heterocycles. The highest BCUT2D eigenvalue weighted by Crippen LogP contribution is 2.22. The van der Waals surface area contributed by atoms with Crippen LogP contribution in [0.15, 0.2) is 66.7 Å². The maximum absolute atomic E-state index is 13.6. The molecule has 25 heavy (non-hydrogen) atoms. The predicted octanol–water partition coefficient (Wildman–Crippen LogP) is 5.10. The largest absolute Gasteiger partial charge is 0.353 e. The summed E-state index contributed by atoms with van der Waals surface area (Å²) in [6.07, 6.45) is 0. The molecular weight excluding hydrogens is 329 g/mol. The van der Waals surface area contributed by atoms with Crippen molar-refractivity contribution in [1.82, 2.24) is 0 Å². The van der Waals surface area contributed by atoms with Gasteiger partial charge in [0.15, 0.2) is 0 Å². The second-order valence-electron chi connectivity index (χ2n) is 5.26. The molecule has 0 unspecified atom stereocenters. The average Bonchev–Trinajstić information content (AvgIpc) is 2.59. The zero-order chi connectivity index (χ0) is 17.8. The molecule has 0 aliphatic rings. The first-order valence-electron chi connectivity index (χ1n) is 7.41. The Hall–Kier alpha value is -3.28. The molecule has 2 N–H and O–H groups in total. The van der Waals surface area contributed by atoms with E-state index < -0.39 is 23.4 Å². The Bertz CT molecular complexity index is 911. The van der Waals surface area contributed by atoms with Crippen LogP contribution in [0.2, 0.25) is 0 Å². The summed E-state index contributed by atoms with van der Waals surface area (Å²) in [4.78, 5) is 12.0. The minimum Gasteiger partial charge on any atom is -0.353 e. The summed E-state index contributed by atoms with van der Waals surface area (Å²) < 4.78 is 40.1. The predicted molar refractivity (Wildman–Crippen MR) is 90.4 cm³/mol. The number of hydrogen-bond donors (Lipinski definition) is 2. The molecule has 0 aliphatic heterocycles. The number of nitrogens with one attached hydrogen (secondary N) is 2. The second kappa shape index (κ2) is 7.09. The van der Waals surface area contributed by atoms with Crippen molar-refractivity contribution in [2.24, 2.45) is 0 Å². The van der Waals surface area contributed by atoms with Crippen LogP contribution in [-0.4, -0.2) is 5.91 Å². The second-order valence-corrected chi connectivity index (χ2v) is 5.26. The fourth-order valence-corrected chi connectivity index (χ4v) is 2.23. The third-order valence-electron chi connectivity index (χ3n) is 3.47. The van der Waals surface area contributed by atoms with Crippen LogP contribution < -0.4 is 10.6 Å². The van der Waals surface area contributed by atoms with Gasteiger partial charge in [0, 0.05) is 17.4 Å². The lowest BCUT2D eigenvalue weighted by atomic mass is 10.2. The van der Waals surface area contributed by atoms with Gasteiger partial charge >= 0.3 is 0 Å². The maximum atomic E-state index is 13.6. The number of hydrogen-bond acceptors (Lipinski definition) is 2. The van der Waals surface area contributed by atoms with Crippen LogP contribution in [-0.2, 0) is 0 Å². The molecule has 0 saturated carbocycles. The summed E-state index contributed by atoms with van der Waals surface area (Å²) in [6.45, 7) is 0. The van der Waals surface area contributed by atoms with E-state index >= 15 is 0 Å². The summed E-state index contributed by atoms with van der Waals surface area (Å²) >= 11 is 0. The van der Waals surface area contributed by atoms with Gasteiger partial charge in [0.05, 0.1) is 11.3 Å². The Kier molecular flexibility index (Phi) is 4.70. The molecule has 3 aromatic carbocycles. The van der Waals surface area contributed by atoms with E-state index in [-0.39, 0.29) is 11.3 Å². The normalized spacial score (nSPS) is 10.4. The number of anilines is 3. The van der Waals surface area contributed by atoms with Crippen molar-refractivity contribution >= 4 is 23.0 Å². The zero-order valence-electron chi connectivity index (χ0n) is 12.9. The van der Waals surface area contributed by atoms with Crippen molar-refractivity contribution in [3.05, 3.63) is 89.7 Å². The number of carbonyl (C=O) groups excluding carboxylic acids is 1. The first-order valence-corrected chi connectivity index (χ1v) is 7.41. The topological polar surface area (TPSA) is 41.1 Å². The summed E-state index contributed by atoms with van der Waals surface area (Å²) in [5, 5.41) is 5.38.